The number of para-hydroxylation sites is 1. The van der Waals surface area contributed by atoms with Crippen molar-refractivity contribution in [3.8, 4) is 11.5 Å². The van der Waals surface area contributed by atoms with Gasteiger partial charge in [-0.1, -0.05) is 37.3 Å². The molecule has 1 atom stereocenters. The summed E-state index contributed by atoms with van der Waals surface area (Å²) in [4.78, 5) is 22.0. The standard InChI is InChI=1S/C16H14O4/c1-11(15(17)16(18)19)12-7-9-14(10-8-12)20-13-5-3-2-4-6-13/h2-11H,1H3,(H,18,19). The molecular formula is C16H14O4. The molecule has 2 aromatic carbocycles. The highest BCUT2D eigenvalue weighted by atomic mass is 16.5. The number of hydrogen-bond acceptors (Lipinski definition) is 3. The van der Waals surface area contributed by atoms with Gasteiger partial charge < -0.3 is 9.84 Å². The van der Waals surface area contributed by atoms with Gasteiger partial charge in [0.1, 0.15) is 11.5 Å². The van der Waals surface area contributed by atoms with Gasteiger partial charge in [0.25, 0.3) is 0 Å². The van der Waals surface area contributed by atoms with E-state index in [0.717, 1.165) is 5.75 Å². The number of ketones is 1. The number of carboxylic acids is 1. The number of benzene rings is 2. The van der Waals surface area contributed by atoms with E-state index in [1.165, 1.54) is 0 Å². The second kappa shape index (κ2) is 6.02. The number of carboxylic acid groups (broad SMARTS) is 1. The maximum absolute atomic E-state index is 11.4. The zero-order chi connectivity index (χ0) is 14.5. The number of hydrogen-bond donors (Lipinski definition) is 1. The van der Waals surface area contributed by atoms with Gasteiger partial charge in [-0.05, 0) is 29.8 Å². The van der Waals surface area contributed by atoms with Gasteiger partial charge >= 0.3 is 5.97 Å². The van der Waals surface area contributed by atoms with Gasteiger partial charge in [-0.25, -0.2) is 4.79 Å². The molecule has 2 rings (SSSR count). The maximum Gasteiger partial charge on any atom is 0.372 e. The van der Waals surface area contributed by atoms with E-state index in [4.69, 9.17) is 9.84 Å². The molecule has 0 saturated heterocycles. The summed E-state index contributed by atoms with van der Waals surface area (Å²) in [6.45, 7) is 1.57. The Bertz CT molecular complexity index is 602. The molecule has 0 amide bonds. The molecule has 0 aromatic heterocycles. The molecule has 0 heterocycles. The van der Waals surface area contributed by atoms with Gasteiger partial charge in [0, 0.05) is 0 Å². The van der Waals surface area contributed by atoms with Crippen LogP contribution in [0, 0.1) is 0 Å². The summed E-state index contributed by atoms with van der Waals surface area (Å²) in [5.74, 6) is -1.55. The normalized spacial score (nSPS) is 11.7. The van der Waals surface area contributed by atoms with Crippen molar-refractivity contribution in [3.05, 3.63) is 60.2 Å². The third-order valence-electron chi connectivity index (χ3n) is 2.96. The topological polar surface area (TPSA) is 63.6 Å². The molecule has 20 heavy (non-hydrogen) atoms. The third-order valence-corrected chi connectivity index (χ3v) is 2.96. The summed E-state index contributed by atoms with van der Waals surface area (Å²) in [6.07, 6.45) is 0. The average Bonchev–Trinajstić information content (AvgIpc) is 2.47. The summed E-state index contributed by atoms with van der Waals surface area (Å²) in [5.41, 5.74) is 0.651. The smallest absolute Gasteiger partial charge is 0.372 e. The molecule has 0 radical (unpaired) electrons. The molecule has 1 unspecified atom stereocenters. The molecule has 2 aromatic rings. The fraction of sp³-hybridized carbons (Fsp3) is 0.125. The van der Waals surface area contributed by atoms with E-state index >= 15 is 0 Å². The van der Waals surface area contributed by atoms with Crippen LogP contribution in [0.15, 0.2) is 54.6 Å². The van der Waals surface area contributed by atoms with Crippen LogP contribution >= 0.6 is 0 Å². The van der Waals surface area contributed by atoms with Crippen molar-refractivity contribution >= 4 is 11.8 Å². The van der Waals surface area contributed by atoms with Crippen LogP contribution < -0.4 is 4.74 Å². The number of rotatable bonds is 5. The van der Waals surface area contributed by atoms with Crippen molar-refractivity contribution in [3.63, 3.8) is 0 Å². The lowest BCUT2D eigenvalue weighted by molar-refractivity contribution is -0.149. The number of Topliss-reactive ketones (excluding diaryl/α,β-unsaturated/α-hetero) is 1. The van der Waals surface area contributed by atoms with Gasteiger partial charge in [-0.15, -0.1) is 0 Å². The van der Waals surface area contributed by atoms with Gasteiger partial charge in [-0.2, -0.15) is 0 Å². The highest BCUT2D eigenvalue weighted by Gasteiger charge is 2.21. The Kier molecular flexibility index (Phi) is 4.15. The minimum Gasteiger partial charge on any atom is -0.475 e. The highest BCUT2D eigenvalue weighted by Crippen LogP contribution is 2.24. The van der Waals surface area contributed by atoms with Crippen molar-refractivity contribution < 1.29 is 19.4 Å². The first-order chi connectivity index (χ1) is 9.58. The van der Waals surface area contributed by atoms with Crippen LogP contribution in [0.2, 0.25) is 0 Å². The first-order valence-electron chi connectivity index (χ1n) is 6.18. The molecule has 0 spiro atoms. The Morgan fingerprint density at radius 3 is 2.05 bits per heavy atom. The average molecular weight is 270 g/mol. The quantitative estimate of drug-likeness (QED) is 0.847. The van der Waals surface area contributed by atoms with Crippen LogP contribution in [-0.4, -0.2) is 16.9 Å². The van der Waals surface area contributed by atoms with Gasteiger partial charge in [0.15, 0.2) is 0 Å². The lowest BCUT2D eigenvalue weighted by atomic mass is 9.97. The first-order valence-corrected chi connectivity index (χ1v) is 6.18. The Labute approximate surface area is 116 Å². The van der Waals surface area contributed by atoms with Crippen LogP contribution in [0.5, 0.6) is 11.5 Å². The number of ether oxygens (including phenoxy) is 1. The van der Waals surface area contributed by atoms with Crippen molar-refractivity contribution in [1.29, 1.82) is 0 Å². The van der Waals surface area contributed by atoms with E-state index < -0.39 is 17.7 Å². The molecule has 0 aliphatic carbocycles. The summed E-state index contributed by atoms with van der Waals surface area (Å²) >= 11 is 0. The molecule has 4 heteroatoms. The number of carbonyl (C=O) groups excluding carboxylic acids is 1. The molecule has 0 fully saturated rings. The number of carbonyl (C=O) groups is 2. The fourth-order valence-electron chi connectivity index (χ4n) is 1.79. The minimum absolute atomic E-state index is 0.634. The van der Waals surface area contributed by atoms with Crippen LogP contribution in [0.3, 0.4) is 0 Å². The van der Waals surface area contributed by atoms with Gasteiger partial charge in [-0.3, -0.25) is 4.79 Å². The Balaban J connectivity index is 2.10. The van der Waals surface area contributed by atoms with Crippen molar-refractivity contribution in [1.82, 2.24) is 0 Å². The molecule has 102 valence electrons. The Hall–Kier alpha value is -2.62. The maximum atomic E-state index is 11.4. The van der Waals surface area contributed by atoms with Crippen molar-refractivity contribution in [2.24, 2.45) is 0 Å². The second-order valence-electron chi connectivity index (χ2n) is 4.38. The SMILES string of the molecule is CC(C(=O)C(=O)O)c1ccc(Oc2ccccc2)cc1. The van der Waals surface area contributed by atoms with E-state index in [1.54, 1.807) is 31.2 Å². The van der Waals surface area contributed by atoms with Gasteiger partial charge in [0.2, 0.25) is 5.78 Å². The predicted octanol–water partition coefficient (Wildman–Crippen LogP) is 3.24. The minimum atomic E-state index is -1.41. The zero-order valence-corrected chi connectivity index (χ0v) is 10.9. The predicted molar refractivity (Wildman–Crippen MR) is 74.0 cm³/mol. The molecule has 0 aliphatic heterocycles. The van der Waals surface area contributed by atoms with E-state index in [2.05, 4.69) is 0 Å². The van der Waals surface area contributed by atoms with Crippen LogP contribution in [0.4, 0.5) is 0 Å². The fourth-order valence-corrected chi connectivity index (χ4v) is 1.79. The Morgan fingerprint density at radius 1 is 0.950 bits per heavy atom. The zero-order valence-electron chi connectivity index (χ0n) is 10.9. The van der Waals surface area contributed by atoms with Crippen LogP contribution in [0.1, 0.15) is 18.4 Å². The van der Waals surface area contributed by atoms with Crippen LogP contribution in [0.25, 0.3) is 0 Å². The lowest BCUT2D eigenvalue weighted by Crippen LogP contribution is -2.19. The molecule has 0 saturated carbocycles. The largest absolute Gasteiger partial charge is 0.475 e. The second-order valence-corrected chi connectivity index (χ2v) is 4.38. The monoisotopic (exact) mass is 270 g/mol. The van der Waals surface area contributed by atoms with E-state index in [9.17, 15) is 9.59 Å². The molecule has 4 nitrogen and oxygen atoms in total. The van der Waals surface area contributed by atoms with E-state index in [1.807, 2.05) is 30.3 Å². The summed E-state index contributed by atoms with van der Waals surface area (Å²) < 4.78 is 5.62. The lowest BCUT2D eigenvalue weighted by Gasteiger charge is -2.10. The van der Waals surface area contributed by atoms with Crippen molar-refractivity contribution in [2.45, 2.75) is 12.8 Å². The van der Waals surface area contributed by atoms with Gasteiger partial charge in [0.05, 0.1) is 5.92 Å². The summed E-state index contributed by atoms with van der Waals surface area (Å²) in [6, 6.07) is 16.1. The van der Waals surface area contributed by atoms with Crippen LogP contribution in [-0.2, 0) is 9.59 Å². The Morgan fingerprint density at radius 2 is 1.50 bits per heavy atom. The molecule has 1 N–H and O–H groups in total. The van der Waals surface area contributed by atoms with E-state index in [-0.39, 0.29) is 0 Å². The highest BCUT2D eigenvalue weighted by molar-refractivity contribution is 6.34. The third kappa shape index (κ3) is 3.23. The molecule has 0 bridgehead atoms. The number of aliphatic carboxylic acids is 1. The summed E-state index contributed by atoms with van der Waals surface area (Å²) in [7, 11) is 0. The summed E-state index contributed by atoms with van der Waals surface area (Å²) in [5, 5.41) is 8.69. The van der Waals surface area contributed by atoms with Crippen molar-refractivity contribution in [2.75, 3.05) is 0 Å². The van der Waals surface area contributed by atoms with E-state index in [0.29, 0.717) is 11.3 Å². The molecule has 0 aliphatic rings. The molecular weight excluding hydrogens is 256 g/mol. The first kappa shape index (κ1) is 13.8.